The molecule has 12 heteroatoms. The second kappa shape index (κ2) is 26.8. The first-order chi connectivity index (χ1) is 26.9. The first-order valence-corrected chi connectivity index (χ1v) is 19.3. The number of aryl methyl sites for hydroxylation is 1. The summed E-state index contributed by atoms with van der Waals surface area (Å²) in [5.41, 5.74) is 10.6. The van der Waals surface area contributed by atoms with Gasteiger partial charge in [0.2, 0.25) is 0 Å². The van der Waals surface area contributed by atoms with E-state index in [0.29, 0.717) is 12.6 Å². The maximum Gasteiger partial charge on any atom is 0.332 e. The van der Waals surface area contributed by atoms with Gasteiger partial charge in [0, 0.05) is 36.7 Å². The average molecular weight is 809 g/mol. The van der Waals surface area contributed by atoms with Crippen molar-refractivity contribution in [3.8, 4) is 11.5 Å². The fraction of sp³-hybridized carbons (Fsp3) is 0.400. The summed E-state index contributed by atoms with van der Waals surface area (Å²) < 4.78 is 12.3. The number of carbonyl (C=O) groups is 3. The van der Waals surface area contributed by atoms with Gasteiger partial charge in [0.05, 0.1) is 0 Å². The molecular formula is C45H61ClN2O9. The third-order valence-corrected chi connectivity index (χ3v) is 8.80. The van der Waals surface area contributed by atoms with Crippen LogP contribution in [0.25, 0.3) is 0 Å². The van der Waals surface area contributed by atoms with Crippen molar-refractivity contribution in [1.29, 1.82) is 0 Å². The standard InChI is InChI=1S/C19H25NO.C18H22ClNO.C5H8O4.C3H6O3/c1-19(2,3)16-9-11-17(12-10-16)21-18(13-14-20)15-7-5-4-6-8-15;1-13-9-10-16(12-17(13)19)21-18(11-14(2)20-3)15-7-5-4-6-8-15;6-4(7)2-1-3-5(8)9;1-2(4)3(5)6/h4-12,18H,13-14,20H2,1-3H3;4-10,12,14,18,20H,11H2,1-3H3;1-3H2,(H,6,7)(H,8,9);2,4H,1H3,(H,5,6). The number of aliphatic hydroxyl groups is 1. The van der Waals surface area contributed by atoms with Gasteiger partial charge in [-0.2, -0.15) is 0 Å². The Hall–Kier alpha value is -4.94. The van der Waals surface area contributed by atoms with Gasteiger partial charge in [-0.05, 0) is 92.7 Å². The lowest BCUT2D eigenvalue weighted by atomic mass is 9.87. The molecule has 0 aromatic heterocycles. The van der Waals surface area contributed by atoms with Crippen LogP contribution >= 0.6 is 11.6 Å². The molecule has 4 aromatic carbocycles. The van der Waals surface area contributed by atoms with Crippen molar-refractivity contribution in [2.45, 2.75) is 103 Å². The second-order valence-electron chi connectivity index (χ2n) is 14.4. The van der Waals surface area contributed by atoms with Crippen LogP contribution in [0.3, 0.4) is 0 Å². The molecule has 312 valence electrons. The summed E-state index contributed by atoms with van der Waals surface area (Å²) in [6.07, 6.45) is 0.578. The highest BCUT2D eigenvalue weighted by molar-refractivity contribution is 6.31. The zero-order chi connectivity index (χ0) is 43.0. The molecule has 0 saturated heterocycles. The second-order valence-corrected chi connectivity index (χ2v) is 14.8. The third-order valence-electron chi connectivity index (χ3n) is 8.39. The summed E-state index contributed by atoms with van der Waals surface area (Å²) in [7, 11) is 1.97. The summed E-state index contributed by atoms with van der Waals surface area (Å²) >= 11 is 6.18. The Labute approximate surface area is 342 Å². The van der Waals surface area contributed by atoms with E-state index in [0.717, 1.165) is 34.9 Å². The molecular weight excluding hydrogens is 748 g/mol. The molecule has 57 heavy (non-hydrogen) atoms. The quantitative estimate of drug-likeness (QED) is 0.0634. The van der Waals surface area contributed by atoms with Crippen molar-refractivity contribution in [3.63, 3.8) is 0 Å². The topological polar surface area (TPSA) is 189 Å². The van der Waals surface area contributed by atoms with Crippen LogP contribution in [-0.4, -0.2) is 64.1 Å². The van der Waals surface area contributed by atoms with E-state index in [2.05, 4.69) is 69.4 Å². The minimum Gasteiger partial charge on any atom is -0.486 e. The van der Waals surface area contributed by atoms with Crippen molar-refractivity contribution >= 4 is 29.5 Å². The maximum atomic E-state index is 9.79. The van der Waals surface area contributed by atoms with E-state index in [4.69, 9.17) is 47.2 Å². The maximum absolute atomic E-state index is 9.79. The van der Waals surface area contributed by atoms with E-state index in [9.17, 15) is 14.4 Å². The molecule has 0 saturated carbocycles. The highest BCUT2D eigenvalue weighted by Gasteiger charge is 2.18. The normalized spacial score (nSPS) is 12.7. The summed E-state index contributed by atoms with van der Waals surface area (Å²) in [5.74, 6) is -1.38. The van der Waals surface area contributed by atoms with Crippen LogP contribution in [-0.2, 0) is 19.8 Å². The molecule has 0 aliphatic rings. The van der Waals surface area contributed by atoms with Crippen molar-refractivity contribution in [1.82, 2.24) is 5.32 Å². The van der Waals surface area contributed by atoms with Crippen LogP contribution in [0.1, 0.15) is 101 Å². The number of aliphatic hydroxyl groups excluding tert-OH is 1. The van der Waals surface area contributed by atoms with Gasteiger partial charge in [0.25, 0.3) is 0 Å². The molecule has 0 fully saturated rings. The van der Waals surface area contributed by atoms with Crippen LogP contribution in [0.2, 0.25) is 5.02 Å². The number of halogens is 1. The van der Waals surface area contributed by atoms with E-state index < -0.39 is 24.0 Å². The Morgan fingerprint density at radius 1 is 0.754 bits per heavy atom. The van der Waals surface area contributed by atoms with E-state index in [-0.39, 0.29) is 36.9 Å². The summed E-state index contributed by atoms with van der Waals surface area (Å²) in [4.78, 5) is 29.0. The lowest BCUT2D eigenvalue weighted by molar-refractivity contribution is -0.145. The van der Waals surface area contributed by atoms with Crippen molar-refractivity contribution in [2.75, 3.05) is 13.6 Å². The molecule has 0 aliphatic carbocycles. The van der Waals surface area contributed by atoms with Gasteiger partial charge in [0.15, 0.2) is 0 Å². The zero-order valence-electron chi connectivity index (χ0n) is 34.2. The Balaban J connectivity index is 0.000000424. The minimum absolute atomic E-state index is 0.00687. The predicted octanol–water partition coefficient (Wildman–Crippen LogP) is 9.00. The Bertz CT molecular complexity index is 1720. The molecule has 0 heterocycles. The first kappa shape index (κ1) is 50.1. The van der Waals surface area contributed by atoms with E-state index in [1.807, 2.05) is 80.7 Å². The number of carboxylic acids is 3. The number of nitrogens with two attached hydrogens (primary N) is 1. The van der Waals surface area contributed by atoms with Gasteiger partial charge >= 0.3 is 17.9 Å². The van der Waals surface area contributed by atoms with Gasteiger partial charge < -0.3 is 41.0 Å². The van der Waals surface area contributed by atoms with Gasteiger partial charge in [-0.3, -0.25) is 9.59 Å². The van der Waals surface area contributed by atoms with Crippen LogP contribution < -0.4 is 20.5 Å². The number of ether oxygens (including phenoxy) is 2. The summed E-state index contributed by atoms with van der Waals surface area (Å²) in [5, 5.41) is 35.8. The molecule has 0 aliphatic heterocycles. The number of benzene rings is 4. The number of carboxylic acid groups (broad SMARTS) is 3. The molecule has 7 N–H and O–H groups in total. The van der Waals surface area contributed by atoms with Gasteiger partial charge in [-0.25, -0.2) is 4.79 Å². The molecule has 4 unspecified atom stereocenters. The number of hydrogen-bond acceptors (Lipinski definition) is 8. The van der Waals surface area contributed by atoms with Gasteiger partial charge in [-0.1, -0.05) is 111 Å². The molecule has 0 amide bonds. The van der Waals surface area contributed by atoms with Crippen LogP contribution in [0.5, 0.6) is 11.5 Å². The Morgan fingerprint density at radius 2 is 1.21 bits per heavy atom. The highest BCUT2D eigenvalue weighted by atomic mass is 35.5. The lowest BCUT2D eigenvalue weighted by Gasteiger charge is -2.23. The number of rotatable bonds is 16. The number of hydrogen-bond donors (Lipinski definition) is 6. The number of aliphatic carboxylic acids is 3. The van der Waals surface area contributed by atoms with Crippen molar-refractivity contribution < 1.29 is 44.3 Å². The number of nitrogens with one attached hydrogen (secondary N) is 1. The zero-order valence-corrected chi connectivity index (χ0v) is 34.9. The summed E-state index contributed by atoms with van der Waals surface area (Å²) in [6, 6.07) is 35.1. The largest absolute Gasteiger partial charge is 0.486 e. The fourth-order valence-electron chi connectivity index (χ4n) is 4.87. The third kappa shape index (κ3) is 21.8. The average Bonchev–Trinajstić information content (AvgIpc) is 3.17. The van der Waals surface area contributed by atoms with E-state index in [1.54, 1.807) is 0 Å². The molecule has 4 atom stereocenters. The van der Waals surface area contributed by atoms with Gasteiger partial charge in [0.1, 0.15) is 29.8 Å². The van der Waals surface area contributed by atoms with Crippen LogP contribution in [0, 0.1) is 6.92 Å². The fourth-order valence-corrected chi connectivity index (χ4v) is 5.04. The molecule has 4 rings (SSSR count). The summed E-state index contributed by atoms with van der Waals surface area (Å²) in [6.45, 7) is 12.6. The van der Waals surface area contributed by atoms with Gasteiger partial charge in [-0.15, -0.1) is 0 Å². The van der Waals surface area contributed by atoms with Crippen LogP contribution in [0.4, 0.5) is 0 Å². The lowest BCUT2D eigenvalue weighted by Crippen LogP contribution is -2.25. The predicted molar refractivity (Wildman–Crippen MR) is 226 cm³/mol. The van der Waals surface area contributed by atoms with Crippen molar-refractivity contribution in [2.24, 2.45) is 5.73 Å². The first-order valence-electron chi connectivity index (χ1n) is 18.9. The molecule has 0 bridgehead atoms. The Morgan fingerprint density at radius 3 is 1.61 bits per heavy atom. The highest BCUT2D eigenvalue weighted by Crippen LogP contribution is 2.30. The Kier molecular flexibility index (Phi) is 23.6. The molecule has 0 radical (unpaired) electrons. The smallest absolute Gasteiger partial charge is 0.332 e. The molecule has 4 aromatic rings. The minimum atomic E-state index is -1.23. The monoisotopic (exact) mass is 808 g/mol. The SMILES string of the molecule is CC(C)(C)c1ccc(OC(CCN)c2ccccc2)cc1.CC(O)C(=O)O.CNC(C)CC(Oc1ccc(C)c(Cl)c1)c1ccccc1.O=C(O)CCCC(=O)O. The molecule has 0 spiro atoms. The van der Waals surface area contributed by atoms with E-state index >= 15 is 0 Å². The van der Waals surface area contributed by atoms with E-state index in [1.165, 1.54) is 23.6 Å². The molecule has 11 nitrogen and oxygen atoms in total. The van der Waals surface area contributed by atoms with Crippen molar-refractivity contribution in [3.05, 3.63) is 130 Å². The van der Waals surface area contributed by atoms with Crippen LogP contribution in [0.15, 0.2) is 103 Å².